The molecule has 1 heterocycles. The van der Waals surface area contributed by atoms with Crippen molar-refractivity contribution in [2.75, 3.05) is 0 Å². The Morgan fingerprint density at radius 3 is 2.84 bits per heavy atom. The first-order valence-electron chi connectivity index (χ1n) is 5.59. The minimum absolute atomic E-state index is 0.132. The molecular formula is C14H11ClFNO2. The maximum Gasteiger partial charge on any atom is 0.163 e. The average Bonchev–Trinajstić information content (AvgIpc) is 2.37. The van der Waals surface area contributed by atoms with Gasteiger partial charge >= 0.3 is 0 Å². The number of benzene rings is 1. The summed E-state index contributed by atoms with van der Waals surface area (Å²) in [5.74, 6) is -0.153. The molecule has 0 N–H and O–H groups in total. The van der Waals surface area contributed by atoms with Crippen LogP contribution in [-0.2, 0) is 6.61 Å². The maximum atomic E-state index is 13.0. The van der Waals surface area contributed by atoms with E-state index >= 15 is 0 Å². The summed E-state index contributed by atoms with van der Waals surface area (Å²) in [7, 11) is 0. The lowest BCUT2D eigenvalue weighted by Crippen LogP contribution is -2.02. The molecule has 3 nitrogen and oxygen atoms in total. The second-order valence-corrected chi connectivity index (χ2v) is 4.43. The molecule has 98 valence electrons. The number of Topliss-reactive ketones (excluding diaryl/α,β-unsaturated/α-hetero) is 1. The second-order valence-electron chi connectivity index (χ2n) is 4.00. The summed E-state index contributed by atoms with van der Waals surface area (Å²) >= 11 is 5.83. The van der Waals surface area contributed by atoms with E-state index in [9.17, 15) is 9.18 Å². The Kier molecular flexibility index (Phi) is 4.12. The highest BCUT2D eigenvalue weighted by molar-refractivity contribution is 6.31. The van der Waals surface area contributed by atoms with Crippen molar-refractivity contribution in [2.45, 2.75) is 13.5 Å². The van der Waals surface area contributed by atoms with Gasteiger partial charge in [0.05, 0.1) is 11.8 Å². The zero-order chi connectivity index (χ0) is 13.8. The molecule has 0 spiro atoms. The topological polar surface area (TPSA) is 39.2 Å². The average molecular weight is 280 g/mol. The number of halogens is 2. The van der Waals surface area contributed by atoms with E-state index in [0.717, 1.165) is 6.20 Å². The van der Waals surface area contributed by atoms with Gasteiger partial charge in [0, 0.05) is 16.8 Å². The van der Waals surface area contributed by atoms with Gasteiger partial charge in [-0.1, -0.05) is 11.6 Å². The highest BCUT2D eigenvalue weighted by Gasteiger charge is 2.09. The Labute approximate surface area is 115 Å². The fourth-order valence-corrected chi connectivity index (χ4v) is 1.77. The molecule has 0 aliphatic rings. The van der Waals surface area contributed by atoms with E-state index in [1.807, 2.05) is 0 Å². The lowest BCUT2D eigenvalue weighted by molar-refractivity contribution is 0.101. The molecule has 0 radical (unpaired) electrons. The zero-order valence-electron chi connectivity index (χ0n) is 10.2. The van der Waals surface area contributed by atoms with Gasteiger partial charge in [0.25, 0.3) is 0 Å². The van der Waals surface area contributed by atoms with Crippen molar-refractivity contribution >= 4 is 17.4 Å². The number of rotatable bonds is 4. The SMILES string of the molecule is CC(=O)c1cc(Cl)ccc1OCc1cncc(F)c1. The molecule has 2 rings (SSSR count). The first-order valence-corrected chi connectivity index (χ1v) is 5.97. The number of hydrogen-bond donors (Lipinski definition) is 0. The van der Waals surface area contributed by atoms with Crippen LogP contribution in [0.1, 0.15) is 22.8 Å². The standard InChI is InChI=1S/C14H11ClFNO2/c1-9(18)13-5-11(15)2-3-14(13)19-8-10-4-12(16)7-17-6-10/h2-7H,8H2,1H3. The summed E-state index contributed by atoms with van der Waals surface area (Å²) < 4.78 is 18.5. The van der Waals surface area contributed by atoms with Crippen molar-refractivity contribution in [1.29, 1.82) is 0 Å². The molecule has 19 heavy (non-hydrogen) atoms. The lowest BCUT2D eigenvalue weighted by atomic mass is 10.1. The van der Waals surface area contributed by atoms with E-state index < -0.39 is 5.82 Å². The third-order valence-corrected chi connectivity index (χ3v) is 2.71. The Hall–Kier alpha value is -1.94. The zero-order valence-corrected chi connectivity index (χ0v) is 10.9. The summed E-state index contributed by atoms with van der Waals surface area (Å²) in [6, 6.07) is 6.12. The number of carbonyl (C=O) groups excluding carboxylic acids is 1. The smallest absolute Gasteiger partial charge is 0.163 e. The molecule has 0 amide bonds. The second kappa shape index (κ2) is 5.80. The van der Waals surface area contributed by atoms with Crippen LogP contribution in [0, 0.1) is 5.82 Å². The fraction of sp³-hybridized carbons (Fsp3) is 0.143. The Balaban J connectivity index is 2.17. The monoisotopic (exact) mass is 279 g/mol. The molecule has 0 atom stereocenters. The first-order chi connectivity index (χ1) is 9.06. The van der Waals surface area contributed by atoms with Gasteiger partial charge < -0.3 is 4.74 Å². The summed E-state index contributed by atoms with van der Waals surface area (Å²) in [5, 5.41) is 0.463. The highest BCUT2D eigenvalue weighted by atomic mass is 35.5. The van der Waals surface area contributed by atoms with Gasteiger partial charge in [-0.2, -0.15) is 0 Å². The van der Waals surface area contributed by atoms with Gasteiger partial charge in [-0.15, -0.1) is 0 Å². The van der Waals surface area contributed by atoms with Gasteiger partial charge in [-0.05, 0) is 31.2 Å². The molecule has 0 fully saturated rings. The number of nitrogens with zero attached hydrogens (tertiary/aromatic N) is 1. The highest BCUT2D eigenvalue weighted by Crippen LogP contribution is 2.24. The van der Waals surface area contributed by atoms with Crippen molar-refractivity contribution in [3.05, 3.63) is 58.6 Å². The molecule has 5 heteroatoms. The third-order valence-electron chi connectivity index (χ3n) is 2.48. The third kappa shape index (κ3) is 3.51. The first kappa shape index (κ1) is 13.5. The van der Waals surface area contributed by atoms with E-state index in [0.29, 0.717) is 21.9 Å². The number of aromatic nitrogens is 1. The molecule has 1 aromatic carbocycles. The van der Waals surface area contributed by atoms with Crippen LogP contribution < -0.4 is 4.74 Å². The largest absolute Gasteiger partial charge is 0.488 e. The van der Waals surface area contributed by atoms with Crippen molar-refractivity contribution in [3.8, 4) is 5.75 Å². The van der Waals surface area contributed by atoms with Crippen LogP contribution in [0.25, 0.3) is 0 Å². The van der Waals surface area contributed by atoms with E-state index in [4.69, 9.17) is 16.3 Å². The number of ketones is 1. The normalized spacial score (nSPS) is 10.3. The van der Waals surface area contributed by atoms with Crippen molar-refractivity contribution in [3.63, 3.8) is 0 Å². The van der Waals surface area contributed by atoms with Crippen LogP contribution in [0.3, 0.4) is 0 Å². The fourth-order valence-electron chi connectivity index (χ4n) is 1.60. The Morgan fingerprint density at radius 1 is 1.37 bits per heavy atom. The maximum absolute atomic E-state index is 13.0. The van der Waals surface area contributed by atoms with Crippen LogP contribution in [0.2, 0.25) is 5.02 Å². The predicted octanol–water partition coefficient (Wildman–Crippen LogP) is 3.66. The molecule has 0 saturated heterocycles. The van der Waals surface area contributed by atoms with Gasteiger partial charge in [0.1, 0.15) is 18.2 Å². The van der Waals surface area contributed by atoms with Gasteiger partial charge in [0.15, 0.2) is 5.78 Å². The minimum Gasteiger partial charge on any atom is -0.488 e. The van der Waals surface area contributed by atoms with E-state index in [1.165, 1.54) is 19.2 Å². The molecule has 1 aromatic heterocycles. The van der Waals surface area contributed by atoms with Gasteiger partial charge in [-0.25, -0.2) is 4.39 Å². The van der Waals surface area contributed by atoms with Crippen LogP contribution in [0.5, 0.6) is 5.75 Å². The quantitative estimate of drug-likeness (QED) is 0.802. The van der Waals surface area contributed by atoms with E-state index in [1.54, 1.807) is 18.2 Å². The van der Waals surface area contributed by atoms with E-state index in [2.05, 4.69) is 4.98 Å². The number of pyridine rings is 1. The molecule has 0 unspecified atom stereocenters. The summed E-state index contributed by atoms with van der Waals surface area (Å²) in [6.45, 7) is 1.56. The van der Waals surface area contributed by atoms with Crippen molar-refractivity contribution in [2.24, 2.45) is 0 Å². The number of carbonyl (C=O) groups is 1. The summed E-state index contributed by atoms with van der Waals surface area (Å²) in [4.78, 5) is 15.2. The van der Waals surface area contributed by atoms with Crippen LogP contribution >= 0.6 is 11.6 Å². The molecule has 0 saturated carbocycles. The molecule has 2 aromatic rings. The predicted molar refractivity (Wildman–Crippen MR) is 70.0 cm³/mol. The number of hydrogen-bond acceptors (Lipinski definition) is 3. The van der Waals surface area contributed by atoms with Crippen LogP contribution in [0.4, 0.5) is 4.39 Å². The van der Waals surface area contributed by atoms with Crippen molar-refractivity contribution in [1.82, 2.24) is 4.98 Å². The summed E-state index contributed by atoms with van der Waals surface area (Å²) in [5.41, 5.74) is 0.987. The van der Waals surface area contributed by atoms with Gasteiger partial charge in [-0.3, -0.25) is 9.78 Å². The van der Waals surface area contributed by atoms with Crippen LogP contribution in [-0.4, -0.2) is 10.8 Å². The minimum atomic E-state index is -0.427. The Morgan fingerprint density at radius 2 is 2.16 bits per heavy atom. The van der Waals surface area contributed by atoms with Crippen molar-refractivity contribution < 1.29 is 13.9 Å². The van der Waals surface area contributed by atoms with E-state index in [-0.39, 0.29) is 12.4 Å². The molecule has 0 bridgehead atoms. The summed E-state index contributed by atoms with van der Waals surface area (Å²) in [6.07, 6.45) is 2.62. The molecular weight excluding hydrogens is 269 g/mol. The molecule has 0 aliphatic heterocycles. The molecule has 0 aliphatic carbocycles. The Bertz CT molecular complexity index is 616. The lowest BCUT2D eigenvalue weighted by Gasteiger charge is -2.10. The van der Waals surface area contributed by atoms with Gasteiger partial charge in [0.2, 0.25) is 0 Å². The van der Waals surface area contributed by atoms with Crippen LogP contribution in [0.15, 0.2) is 36.7 Å². The number of ether oxygens (including phenoxy) is 1.